The molecule has 0 saturated carbocycles. The Hall–Kier alpha value is -1.06. The average Bonchev–Trinajstić information content (AvgIpc) is 2.26. The summed E-state index contributed by atoms with van der Waals surface area (Å²) in [5.74, 6) is -0.508. The molecule has 90 valence electrons. The normalized spacial score (nSPS) is 13.4. The van der Waals surface area contributed by atoms with Gasteiger partial charge in [-0.2, -0.15) is 0 Å². The molecule has 0 fully saturated rings. The molecule has 1 aromatic rings. The van der Waals surface area contributed by atoms with Crippen molar-refractivity contribution < 1.29 is 9.53 Å². The number of nitrogens with two attached hydrogens (primary N) is 1. The second-order valence-electron chi connectivity index (χ2n) is 3.68. The molecule has 2 atom stereocenters. The quantitative estimate of drug-likeness (QED) is 0.821. The van der Waals surface area contributed by atoms with Crippen LogP contribution in [0.2, 0.25) is 0 Å². The van der Waals surface area contributed by atoms with Gasteiger partial charge in [0.2, 0.25) is 0 Å². The van der Waals surface area contributed by atoms with Crippen LogP contribution in [0.25, 0.3) is 0 Å². The maximum atomic E-state index is 11.5. The molecule has 0 bridgehead atoms. The summed E-state index contributed by atoms with van der Waals surface area (Å²) < 4.78 is 4.73. The number of benzene rings is 1. The number of hydrogen-bond donors (Lipinski definition) is 1. The molecule has 0 aliphatic rings. The van der Waals surface area contributed by atoms with Crippen LogP contribution < -0.4 is 5.73 Å². The molecule has 0 radical (unpaired) electrons. The molecule has 1 aromatic carbocycles. The highest BCUT2D eigenvalue weighted by molar-refractivity contribution is 5.85. The van der Waals surface area contributed by atoms with Crippen molar-refractivity contribution in [3.8, 4) is 0 Å². The van der Waals surface area contributed by atoms with Gasteiger partial charge in [0.15, 0.2) is 0 Å². The lowest BCUT2D eigenvalue weighted by atomic mass is 9.94. The van der Waals surface area contributed by atoms with E-state index in [1.807, 2.05) is 37.3 Å². The van der Waals surface area contributed by atoms with Crippen LogP contribution in [0, 0.1) is 5.92 Å². The molecule has 0 amide bonds. The van der Waals surface area contributed by atoms with Gasteiger partial charge in [0, 0.05) is 6.04 Å². The predicted octanol–water partition coefficient (Wildman–Crippen LogP) is 1.79. The van der Waals surface area contributed by atoms with Gasteiger partial charge in [0.1, 0.15) is 0 Å². The Bertz CT molecular complexity index is 314. The van der Waals surface area contributed by atoms with E-state index in [0.717, 1.165) is 5.56 Å². The summed E-state index contributed by atoms with van der Waals surface area (Å²) in [7, 11) is 1.39. The Morgan fingerprint density at radius 1 is 1.38 bits per heavy atom. The first-order chi connectivity index (χ1) is 7.15. The number of hydrogen-bond acceptors (Lipinski definition) is 3. The van der Waals surface area contributed by atoms with Crippen molar-refractivity contribution in [3.63, 3.8) is 0 Å². The molecule has 0 spiro atoms. The highest BCUT2D eigenvalue weighted by atomic mass is 35.5. The van der Waals surface area contributed by atoms with Gasteiger partial charge >= 0.3 is 5.97 Å². The van der Waals surface area contributed by atoms with Crippen molar-refractivity contribution in [2.75, 3.05) is 7.11 Å². The van der Waals surface area contributed by atoms with Crippen molar-refractivity contribution in [2.45, 2.75) is 19.4 Å². The largest absolute Gasteiger partial charge is 0.469 e. The monoisotopic (exact) mass is 243 g/mol. The third kappa shape index (κ3) is 4.21. The van der Waals surface area contributed by atoms with Crippen molar-refractivity contribution in [2.24, 2.45) is 11.7 Å². The van der Waals surface area contributed by atoms with E-state index in [1.165, 1.54) is 7.11 Å². The minimum atomic E-state index is -0.266. The lowest BCUT2D eigenvalue weighted by Crippen LogP contribution is -2.35. The van der Waals surface area contributed by atoms with Gasteiger partial charge in [-0.05, 0) is 18.9 Å². The second kappa shape index (κ2) is 7.25. The number of rotatable bonds is 4. The summed E-state index contributed by atoms with van der Waals surface area (Å²) in [6.45, 7) is 1.82. The highest BCUT2D eigenvalue weighted by Crippen LogP contribution is 2.12. The van der Waals surface area contributed by atoms with E-state index >= 15 is 0 Å². The van der Waals surface area contributed by atoms with Crippen LogP contribution in [-0.4, -0.2) is 19.1 Å². The van der Waals surface area contributed by atoms with Gasteiger partial charge in [-0.1, -0.05) is 30.3 Å². The third-order valence-corrected chi connectivity index (χ3v) is 2.44. The van der Waals surface area contributed by atoms with Gasteiger partial charge in [0.05, 0.1) is 13.0 Å². The number of methoxy groups -OCH3 is 1. The molecule has 1 rings (SSSR count). The lowest BCUT2D eigenvalue weighted by molar-refractivity contribution is -0.146. The number of halogens is 1. The van der Waals surface area contributed by atoms with Crippen LogP contribution >= 0.6 is 12.4 Å². The van der Waals surface area contributed by atoms with E-state index in [9.17, 15) is 4.79 Å². The lowest BCUT2D eigenvalue weighted by Gasteiger charge is -2.18. The minimum absolute atomic E-state index is 0. The SMILES string of the molecule is COC(=O)C(Cc1ccccc1)C(C)N.Cl. The third-order valence-electron chi connectivity index (χ3n) is 2.44. The smallest absolute Gasteiger partial charge is 0.310 e. The minimum Gasteiger partial charge on any atom is -0.469 e. The molecule has 16 heavy (non-hydrogen) atoms. The molecule has 0 saturated heterocycles. The number of carbonyl (C=O) groups is 1. The zero-order chi connectivity index (χ0) is 11.3. The molecule has 2 unspecified atom stereocenters. The van der Waals surface area contributed by atoms with E-state index in [0.29, 0.717) is 6.42 Å². The molecule has 0 aliphatic carbocycles. The average molecular weight is 244 g/mol. The van der Waals surface area contributed by atoms with Gasteiger partial charge in [0.25, 0.3) is 0 Å². The molecule has 0 heterocycles. The molecule has 2 N–H and O–H groups in total. The van der Waals surface area contributed by atoms with Crippen molar-refractivity contribution in [1.29, 1.82) is 0 Å². The maximum absolute atomic E-state index is 11.5. The standard InChI is InChI=1S/C12H17NO2.ClH/c1-9(13)11(12(14)15-2)8-10-6-4-3-5-7-10;/h3-7,9,11H,8,13H2,1-2H3;1H. The molecule has 0 aromatic heterocycles. The van der Waals surface area contributed by atoms with Crippen molar-refractivity contribution in [3.05, 3.63) is 35.9 Å². The highest BCUT2D eigenvalue weighted by Gasteiger charge is 2.23. The summed E-state index contributed by atoms with van der Waals surface area (Å²) >= 11 is 0. The van der Waals surface area contributed by atoms with Crippen LogP contribution in [0.3, 0.4) is 0 Å². The Balaban J connectivity index is 0.00000225. The number of ether oxygens (including phenoxy) is 1. The predicted molar refractivity (Wildman–Crippen MR) is 66.5 cm³/mol. The zero-order valence-electron chi connectivity index (χ0n) is 9.55. The molecular weight excluding hydrogens is 226 g/mol. The van der Waals surface area contributed by atoms with Gasteiger partial charge in [-0.3, -0.25) is 4.79 Å². The molecule has 0 aliphatic heterocycles. The number of esters is 1. The van der Waals surface area contributed by atoms with E-state index in [4.69, 9.17) is 10.5 Å². The first kappa shape index (κ1) is 14.9. The Morgan fingerprint density at radius 3 is 2.38 bits per heavy atom. The molecule has 3 nitrogen and oxygen atoms in total. The summed E-state index contributed by atoms with van der Waals surface area (Å²) in [6, 6.07) is 9.62. The second-order valence-corrected chi connectivity index (χ2v) is 3.68. The first-order valence-corrected chi connectivity index (χ1v) is 5.02. The number of carbonyl (C=O) groups excluding carboxylic acids is 1. The maximum Gasteiger partial charge on any atom is 0.310 e. The Morgan fingerprint density at radius 2 is 1.94 bits per heavy atom. The van der Waals surface area contributed by atoms with Crippen LogP contribution in [0.1, 0.15) is 12.5 Å². The summed E-state index contributed by atoms with van der Waals surface area (Å²) in [5.41, 5.74) is 6.86. The molecule has 4 heteroatoms. The van der Waals surface area contributed by atoms with Gasteiger partial charge in [-0.15, -0.1) is 12.4 Å². The van der Waals surface area contributed by atoms with Crippen LogP contribution in [0.5, 0.6) is 0 Å². The summed E-state index contributed by atoms with van der Waals surface area (Å²) in [4.78, 5) is 11.5. The Kier molecular flexibility index (Phi) is 6.77. The Labute approximate surface area is 102 Å². The van der Waals surface area contributed by atoms with E-state index in [-0.39, 0.29) is 30.3 Å². The van der Waals surface area contributed by atoms with Gasteiger partial charge in [-0.25, -0.2) is 0 Å². The fourth-order valence-electron chi connectivity index (χ4n) is 1.50. The van der Waals surface area contributed by atoms with Crippen LogP contribution in [-0.2, 0) is 16.0 Å². The zero-order valence-corrected chi connectivity index (χ0v) is 10.4. The van der Waals surface area contributed by atoms with Crippen molar-refractivity contribution >= 4 is 18.4 Å². The van der Waals surface area contributed by atoms with E-state index < -0.39 is 0 Å². The summed E-state index contributed by atoms with van der Waals surface area (Å²) in [5, 5.41) is 0. The molecular formula is C12H18ClNO2. The van der Waals surface area contributed by atoms with E-state index in [2.05, 4.69) is 0 Å². The van der Waals surface area contributed by atoms with E-state index in [1.54, 1.807) is 0 Å². The van der Waals surface area contributed by atoms with Crippen LogP contribution in [0.15, 0.2) is 30.3 Å². The first-order valence-electron chi connectivity index (χ1n) is 5.02. The fourth-order valence-corrected chi connectivity index (χ4v) is 1.50. The van der Waals surface area contributed by atoms with Crippen molar-refractivity contribution in [1.82, 2.24) is 0 Å². The fraction of sp³-hybridized carbons (Fsp3) is 0.417. The van der Waals surface area contributed by atoms with Crippen LogP contribution in [0.4, 0.5) is 0 Å². The topological polar surface area (TPSA) is 52.3 Å². The summed E-state index contributed by atoms with van der Waals surface area (Å²) in [6.07, 6.45) is 0.630. The van der Waals surface area contributed by atoms with Gasteiger partial charge < -0.3 is 10.5 Å².